The first-order valence-electron chi connectivity index (χ1n) is 12.3. The molecule has 0 aliphatic carbocycles. The highest BCUT2D eigenvalue weighted by molar-refractivity contribution is 7.99. The Morgan fingerprint density at radius 2 is 1.87 bits per heavy atom. The van der Waals surface area contributed by atoms with Gasteiger partial charge >= 0.3 is 6.18 Å². The number of nitrogens with zero attached hydrogens (tertiary/aromatic N) is 2. The lowest BCUT2D eigenvalue weighted by Gasteiger charge is -2.26. The van der Waals surface area contributed by atoms with Crippen molar-refractivity contribution < 1.29 is 30.8 Å². The number of rotatable bonds is 11. The fourth-order valence-electron chi connectivity index (χ4n) is 4.10. The van der Waals surface area contributed by atoms with Gasteiger partial charge in [0.15, 0.2) is 0 Å². The third kappa shape index (κ3) is 9.12. The maximum absolute atomic E-state index is 14.3. The number of hydrogen-bond acceptors (Lipinski definition) is 6. The van der Waals surface area contributed by atoms with Crippen LogP contribution in [0.25, 0.3) is 0 Å². The van der Waals surface area contributed by atoms with E-state index in [9.17, 15) is 30.8 Å². The second kappa shape index (κ2) is 13.1. The molecule has 2 aromatic rings. The first-order valence-corrected chi connectivity index (χ1v) is 15.2. The topological polar surface area (TPSA) is 91.4 Å². The second-order valence-electron chi connectivity index (χ2n) is 9.32. The fourth-order valence-corrected chi connectivity index (χ4v) is 5.62. The van der Waals surface area contributed by atoms with Gasteiger partial charge in [-0.2, -0.15) is 13.2 Å². The van der Waals surface area contributed by atoms with Crippen molar-refractivity contribution in [2.45, 2.75) is 56.3 Å². The molecular formula is C25H32F4N4O3S2. The number of anilines is 1. The number of likely N-dealkylation sites (tertiary alicyclic amines) is 1. The zero-order valence-corrected chi connectivity index (χ0v) is 22.9. The summed E-state index contributed by atoms with van der Waals surface area (Å²) in [5.74, 6) is -1.49. The molecule has 2 N–H and O–H groups in total. The minimum atomic E-state index is -4.58. The van der Waals surface area contributed by atoms with Crippen molar-refractivity contribution in [3.8, 4) is 0 Å². The van der Waals surface area contributed by atoms with E-state index in [0.717, 1.165) is 44.4 Å². The predicted octanol–water partition coefficient (Wildman–Crippen LogP) is 5.00. The van der Waals surface area contributed by atoms with E-state index in [1.165, 1.54) is 49.2 Å². The van der Waals surface area contributed by atoms with E-state index in [1.807, 2.05) is 0 Å². The van der Waals surface area contributed by atoms with Crippen molar-refractivity contribution in [3.05, 3.63) is 53.0 Å². The molecule has 1 unspecified atom stereocenters. The van der Waals surface area contributed by atoms with Gasteiger partial charge in [-0.05, 0) is 69.6 Å². The van der Waals surface area contributed by atoms with Gasteiger partial charge in [0.1, 0.15) is 16.5 Å². The molecule has 0 radical (unpaired) electrons. The smallest absolute Gasteiger partial charge is 0.351 e. The molecule has 1 aliphatic heterocycles. The molecule has 1 aliphatic rings. The molecule has 38 heavy (non-hydrogen) atoms. The largest absolute Gasteiger partial charge is 0.433 e. The van der Waals surface area contributed by atoms with Gasteiger partial charge in [-0.15, -0.1) is 11.8 Å². The van der Waals surface area contributed by atoms with Crippen molar-refractivity contribution in [1.82, 2.24) is 15.2 Å². The summed E-state index contributed by atoms with van der Waals surface area (Å²) in [4.78, 5) is 18.9. The molecular weight excluding hydrogens is 544 g/mol. The van der Waals surface area contributed by atoms with Gasteiger partial charge in [-0.3, -0.25) is 9.52 Å². The number of benzene rings is 1. The lowest BCUT2D eigenvalue weighted by atomic mass is 9.99. The average Bonchev–Trinajstić information content (AvgIpc) is 2.85. The zero-order chi connectivity index (χ0) is 27.9. The Morgan fingerprint density at radius 1 is 1.16 bits per heavy atom. The number of hydrogen-bond donors (Lipinski definition) is 2. The molecule has 2 heterocycles. The molecule has 210 valence electrons. The Labute approximate surface area is 224 Å². The van der Waals surface area contributed by atoms with Gasteiger partial charge < -0.3 is 10.2 Å². The fraction of sp³-hybridized carbons (Fsp3) is 0.520. The summed E-state index contributed by atoms with van der Waals surface area (Å²) in [6.07, 6.45) is 0.683. The van der Waals surface area contributed by atoms with E-state index < -0.39 is 39.5 Å². The Bertz CT molecular complexity index is 1220. The molecule has 1 fully saturated rings. The molecule has 0 saturated carbocycles. The number of pyridine rings is 1. The van der Waals surface area contributed by atoms with E-state index in [0.29, 0.717) is 16.9 Å². The number of carbonyl (C=O) groups excluding carboxylic acids is 1. The monoisotopic (exact) mass is 576 g/mol. The SMILES string of the molecule is CC(C(=O)NCc1ccc(C(F)(F)F)nc1SCCCN1CCCCC1)c1ccc(NS(C)(=O)=O)c(F)c1. The van der Waals surface area contributed by atoms with Crippen molar-refractivity contribution in [3.63, 3.8) is 0 Å². The quantitative estimate of drug-likeness (QED) is 0.222. The van der Waals surface area contributed by atoms with Crippen LogP contribution >= 0.6 is 11.8 Å². The third-order valence-corrected chi connectivity index (χ3v) is 7.88. The van der Waals surface area contributed by atoms with Gasteiger partial charge in [0, 0.05) is 17.9 Å². The van der Waals surface area contributed by atoms with Crippen molar-refractivity contribution in [2.24, 2.45) is 0 Å². The van der Waals surface area contributed by atoms with Crippen LogP contribution in [0.1, 0.15) is 55.3 Å². The molecule has 1 saturated heterocycles. The highest BCUT2D eigenvalue weighted by Crippen LogP contribution is 2.31. The number of nitrogens with one attached hydrogen (secondary N) is 2. The van der Waals surface area contributed by atoms with Crippen LogP contribution in [0.2, 0.25) is 0 Å². The van der Waals surface area contributed by atoms with E-state index in [-0.39, 0.29) is 17.3 Å². The summed E-state index contributed by atoms with van der Waals surface area (Å²) in [7, 11) is -3.67. The number of aromatic nitrogens is 1. The van der Waals surface area contributed by atoms with Gasteiger partial charge in [-0.25, -0.2) is 17.8 Å². The highest BCUT2D eigenvalue weighted by Gasteiger charge is 2.33. The van der Waals surface area contributed by atoms with Crippen LogP contribution < -0.4 is 10.0 Å². The van der Waals surface area contributed by atoms with Crippen LogP contribution in [0.5, 0.6) is 0 Å². The standard InChI is InChI=1S/C25H32F4N4O3S2/c1-17(18-7-9-21(20(26)15-18)32-38(2,35)36)23(34)30-16-19-8-10-22(25(27,28)29)31-24(19)37-14-6-13-33-11-4-3-5-12-33/h7-10,15,17,32H,3-6,11-14,16H2,1-2H3,(H,30,34). The zero-order valence-electron chi connectivity index (χ0n) is 21.3. The highest BCUT2D eigenvalue weighted by atomic mass is 32.2. The van der Waals surface area contributed by atoms with Crippen LogP contribution in [-0.4, -0.2) is 55.9 Å². The number of carbonyl (C=O) groups is 1. The molecule has 1 amide bonds. The lowest BCUT2D eigenvalue weighted by molar-refractivity contribution is -0.141. The summed E-state index contributed by atoms with van der Waals surface area (Å²) in [6, 6.07) is 5.95. The van der Waals surface area contributed by atoms with Gasteiger partial charge in [-0.1, -0.05) is 18.6 Å². The maximum Gasteiger partial charge on any atom is 0.433 e. The van der Waals surface area contributed by atoms with E-state index in [1.54, 1.807) is 6.92 Å². The summed E-state index contributed by atoms with van der Waals surface area (Å²) >= 11 is 1.24. The number of piperidine rings is 1. The summed E-state index contributed by atoms with van der Waals surface area (Å²) in [5, 5.41) is 2.91. The normalized spacial score (nSPS) is 15.7. The number of amides is 1. The molecule has 13 heteroatoms. The first-order chi connectivity index (χ1) is 17.8. The average molecular weight is 577 g/mol. The molecule has 0 spiro atoms. The molecule has 0 bridgehead atoms. The van der Waals surface area contributed by atoms with Crippen LogP contribution in [-0.2, 0) is 27.5 Å². The first kappa shape index (κ1) is 30.2. The Balaban J connectivity index is 1.64. The number of halogens is 4. The van der Waals surface area contributed by atoms with E-state index >= 15 is 0 Å². The summed E-state index contributed by atoms with van der Waals surface area (Å²) in [5.41, 5.74) is -0.448. The predicted molar refractivity (Wildman–Crippen MR) is 140 cm³/mol. The van der Waals surface area contributed by atoms with Gasteiger partial charge in [0.05, 0.1) is 17.9 Å². The summed E-state index contributed by atoms with van der Waals surface area (Å²) < 4.78 is 78.9. The molecule has 1 aromatic carbocycles. The van der Waals surface area contributed by atoms with Gasteiger partial charge in [0.25, 0.3) is 0 Å². The third-order valence-electron chi connectivity index (χ3n) is 6.17. The minimum Gasteiger partial charge on any atom is -0.351 e. The van der Waals surface area contributed by atoms with Gasteiger partial charge in [0.2, 0.25) is 15.9 Å². The van der Waals surface area contributed by atoms with Crippen LogP contribution in [0.3, 0.4) is 0 Å². The van der Waals surface area contributed by atoms with E-state index in [2.05, 4.69) is 19.9 Å². The van der Waals surface area contributed by atoms with Crippen molar-refractivity contribution in [2.75, 3.05) is 36.4 Å². The number of thioether (sulfide) groups is 1. The summed E-state index contributed by atoms with van der Waals surface area (Å²) in [6.45, 7) is 4.48. The Hall–Kier alpha value is -2.38. The van der Waals surface area contributed by atoms with Crippen LogP contribution in [0.15, 0.2) is 35.4 Å². The maximum atomic E-state index is 14.3. The Morgan fingerprint density at radius 3 is 2.50 bits per heavy atom. The number of alkyl halides is 3. The minimum absolute atomic E-state index is 0.0427. The molecule has 3 rings (SSSR count). The van der Waals surface area contributed by atoms with Crippen molar-refractivity contribution >= 4 is 33.4 Å². The second-order valence-corrected chi connectivity index (χ2v) is 12.1. The molecule has 7 nitrogen and oxygen atoms in total. The van der Waals surface area contributed by atoms with Crippen LogP contribution in [0.4, 0.5) is 23.2 Å². The molecule has 1 atom stereocenters. The number of sulfonamides is 1. The lowest BCUT2D eigenvalue weighted by Crippen LogP contribution is -2.30. The van der Waals surface area contributed by atoms with Crippen molar-refractivity contribution in [1.29, 1.82) is 0 Å². The molecule has 1 aromatic heterocycles. The van der Waals surface area contributed by atoms with E-state index in [4.69, 9.17) is 0 Å². The van der Waals surface area contributed by atoms with Crippen LogP contribution in [0, 0.1) is 5.82 Å². The Kier molecular flexibility index (Phi) is 10.4.